The summed E-state index contributed by atoms with van der Waals surface area (Å²) >= 11 is 6.39. The van der Waals surface area contributed by atoms with Crippen LogP contribution < -0.4 is 0 Å². The van der Waals surface area contributed by atoms with Crippen molar-refractivity contribution in [2.24, 2.45) is 0 Å². The van der Waals surface area contributed by atoms with Gasteiger partial charge in [0, 0.05) is 11.1 Å². The first kappa shape index (κ1) is 16.6. The highest BCUT2D eigenvalue weighted by molar-refractivity contribution is 9.09. The zero-order valence-electron chi connectivity index (χ0n) is 12.5. The first-order chi connectivity index (χ1) is 11.1. The minimum absolute atomic E-state index is 0.107. The lowest BCUT2D eigenvalue weighted by molar-refractivity contribution is 0.101. The van der Waals surface area contributed by atoms with Crippen molar-refractivity contribution in [1.82, 2.24) is 0 Å². The zero-order valence-corrected chi connectivity index (χ0v) is 15.6. The number of benzene rings is 2. The maximum atomic E-state index is 11.6. The van der Waals surface area contributed by atoms with Crippen LogP contribution in [0.4, 0.5) is 0 Å². The lowest BCUT2D eigenvalue weighted by Crippen LogP contribution is -2.00. The van der Waals surface area contributed by atoms with Crippen molar-refractivity contribution in [2.45, 2.75) is 18.3 Å². The largest absolute Gasteiger partial charge is 0.293 e. The highest BCUT2D eigenvalue weighted by atomic mass is 79.9. The molecular formula is C19H16Br2O2. The molecule has 3 rings (SSSR count). The van der Waals surface area contributed by atoms with Crippen LogP contribution in [0.2, 0.25) is 0 Å². The van der Waals surface area contributed by atoms with Gasteiger partial charge < -0.3 is 0 Å². The van der Waals surface area contributed by atoms with E-state index in [1.165, 1.54) is 11.1 Å². The third-order valence-electron chi connectivity index (χ3n) is 4.35. The van der Waals surface area contributed by atoms with Gasteiger partial charge in [-0.25, -0.2) is 0 Å². The molecule has 1 saturated carbocycles. The molecule has 0 unspecified atom stereocenters. The highest BCUT2D eigenvalue weighted by Crippen LogP contribution is 2.54. The minimum Gasteiger partial charge on any atom is -0.293 e. The number of halogens is 2. The molecule has 0 aliphatic heterocycles. The van der Waals surface area contributed by atoms with E-state index in [1.54, 1.807) is 0 Å². The SMILES string of the molecule is O=C(CBr)c1ccc([C@H]2C[C@@H]2c2ccc(C(=O)CBr)cc2)cc1. The van der Waals surface area contributed by atoms with E-state index >= 15 is 0 Å². The molecule has 2 aromatic rings. The Morgan fingerprint density at radius 2 is 1.09 bits per heavy atom. The predicted molar refractivity (Wildman–Crippen MR) is 99.2 cm³/mol. The smallest absolute Gasteiger partial charge is 0.173 e. The zero-order chi connectivity index (χ0) is 16.4. The molecule has 0 N–H and O–H groups in total. The molecule has 2 nitrogen and oxygen atoms in total. The van der Waals surface area contributed by atoms with Gasteiger partial charge in [-0.3, -0.25) is 9.59 Å². The second-order valence-electron chi connectivity index (χ2n) is 5.81. The van der Waals surface area contributed by atoms with Gasteiger partial charge in [-0.1, -0.05) is 80.4 Å². The summed E-state index contributed by atoms with van der Waals surface area (Å²) in [6.07, 6.45) is 1.12. The third kappa shape index (κ3) is 3.64. The van der Waals surface area contributed by atoms with Crippen molar-refractivity contribution >= 4 is 43.4 Å². The van der Waals surface area contributed by atoms with Crippen LogP contribution in [0.1, 0.15) is 50.1 Å². The minimum atomic E-state index is 0.107. The highest BCUT2D eigenvalue weighted by Gasteiger charge is 2.39. The summed E-state index contributed by atoms with van der Waals surface area (Å²) < 4.78 is 0. The molecule has 0 radical (unpaired) electrons. The summed E-state index contributed by atoms with van der Waals surface area (Å²) in [5.41, 5.74) is 4.06. The average molecular weight is 436 g/mol. The number of ketones is 2. The van der Waals surface area contributed by atoms with Gasteiger partial charge >= 0.3 is 0 Å². The van der Waals surface area contributed by atoms with Crippen LogP contribution in [0, 0.1) is 0 Å². The number of rotatable bonds is 6. The number of carbonyl (C=O) groups excluding carboxylic acids is 2. The van der Waals surface area contributed by atoms with Gasteiger partial charge in [-0.2, -0.15) is 0 Å². The number of hydrogen-bond donors (Lipinski definition) is 0. The lowest BCUT2D eigenvalue weighted by Gasteiger charge is -2.04. The fourth-order valence-corrected chi connectivity index (χ4v) is 3.57. The van der Waals surface area contributed by atoms with Gasteiger partial charge in [0.25, 0.3) is 0 Å². The molecule has 4 heteroatoms. The Kier molecular flexibility index (Phi) is 5.12. The van der Waals surface area contributed by atoms with Crippen LogP contribution in [0.5, 0.6) is 0 Å². The van der Waals surface area contributed by atoms with Gasteiger partial charge in [-0.15, -0.1) is 0 Å². The summed E-state index contributed by atoms with van der Waals surface area (Å²) in [6, 6.07) is 15.9. The second-order valence-corrected chi connectivity index (χ2v) is 6.93. The molecule has 2 atom stereocenters. The van der Waals surface area contributed by atoms with Gasteiger partial charge in [-0.05, 0) is 29.4 Å². The Morgan fingerprint density at radius 1 is 0.739 bits per heavy atom. The van der Waals surface area contributed by atoms with E-state index in [2.05, 4.69) is 56.1 Å². The molecule has 1 fully saturated rings. The molecular weight excluding hydrogens is 420 g/mol. The predicted octanol–water partition coefficient (Wildman–Crippen LogP) is 5.11. The topological polar surface area (TPSA) is 34.1 Å². The number of hydrogen-bond acceptors (Lipinski definition) is 2. The monoisotopic (exact) mass is 434 g/mol. The van der Waals surface area contributed by atoms with Gasteiger partial charge in [0.05, 0.1) is 10.7 Å². The van der Waals surface area contributed by atoms with Gasteiger partial charge in [0.15, 0.2) is 11.6 Å². The summed E-state index contributed by atoms with van der Waals surface area (Å²) in [5, 5.41) is 0.718. The maximum Gasteiger partial charge on any atom is 0.173 e. The fourth-order valence-electron chi connectivity index (χ4n) is 2.92. The van der Waals surface area contributed by atoms with Gasteiger partial charge in [0.1, 0.15) is 0 Å². The van der Waals surface area contributed by atoms with Crippen LogP contribution >= 0.6 is 31.9 Å². The molecule has 0 heterocycles. The van der Waals surface area contributed by atoms with E-state index in [9.17, 15) is 9.59 Å². The van der Waals surface area contributed by atoms with Gasteiger partial charge in [0.2, 0.25) is 0 Å². The van der Waals surface area contributed by atoms with Crippen molar-refractivity contribution < 1.29 is 9.59 Å². The molecule has 118 valence electrons. The number of alkyl halides is 2. The number of carbonyl (C=O) groups is 2. The van der Waals surface area contributed by atoms with Crippen molar-refractivity contribution in [3.8, 4) is 0 Å². The summed E-state index contributed by atoms with van der Waals surface area (Å²) in [7, 11) is 0. The van der Waals surface area contributed by atoms with Crippen LogP contribution in [0.25, 0.3) is 0 Å². The molecule has 0 saturated heterocycles. The van der Waals surface area contributed by atoms with Crippen LogP contribution in [-0.2, 0) is 0 Å². The molecule has 23 heavy (non-hydrogen) atoms. The molecule has 1 aliphatic carbocycles. The van der Waals surface area contributed by atoms with E-state index in [-0.39, 0.29) is 11.6 Å². The van der Waals surface area contributed by atoms with Crippen LogP contribution in [0.15, 0.2) is 48.5 Å². The summed E-state index contributed by atoms with van der Waals surface area (Å²) in [5.74, 6) is 1.24. The van der Waals surface area contributed by atoms with Crippen molar-refractivity contribution in [1.29, 1.82) is 0 Å². The standard InChI is InChI=1S/C19H16Br2O2/c20-10-18(22)14-5-1-12(2-6-14)16-9-17(16)13-3-7-15(8-4-13)19(23)11-21/h1-8,16-17H,9-11H2/t16-,17-/m1/s1. The number of Topliss-reactive ketones (excluding diaryl/α,β-unsaturated/α-hetero) is 2. The van der Waals surface area contributed by atoms with E-state index < -0.39 is 0 Å². The maximum absolute atomic E-state index is 11.6. The molecule has 0 spiro atoms. The molecule has 2 aromatic carbocycles. The first-order valence-electron chi connectivity index (χ1n) is 7.52. The summed E-state index contributed by atoms with van der Waals surface area (Å²) in [6.45, 7) is 0. The molecule has 0 aromatic heterocycles. The molecule has 0 bridgehead atoms. The Hall–Kier alpha value is -1.26. The Bertz CT molecular complexity index is 657. The van der Waals surface area contributed by atoms with E-state index in [0.29, 0.717) is 22.5 Å². The Morgan fingerprint density at radius 3 is 1.39 bits per heavy atom. The average Bonchev–Trinajstić information content (AvgIpc) is 3.41. The first-order valence-corrected chi connectivity index (χ1v) is 9.76. The molecule has 1 aliphatic rings. The normalized spacial score (nSPS) is 19.4. The van der Waals surface area contributed by atoms with Crippen molar-refractivity contribution in [3.63, 3.8) is 0 Å². The Labute approximate surface area is 152 Å². The second kappa shape index (κ2) is 7.10. The third-order valence-corrected chi connectivity index (χ3v) is 5.37. The Balaban J connectivity index is 1.69. The van der Waals surface area contributed by atoms with Crippen LogP contribution in [-0.4, -0.2) is 22.2 Å². The quantitative estimate of drug-likeness (QED) is 0.466. The fraction of sp³-hybridized carbons (Fsp3) is 0.263. The summed E-state index contributed by atoms with van der Waals surface area (Å²) in [4.78, 5) is 23.3. The van der Waals surface area contributed by atoms with E-state index in [1.807, 2.05) is 24.3 Å². The molecule has 0 amide bonds. The van der Waals surface area contributed by atoms with E-state index in [4.69, 9.17) is 0 Å². The van der Waals surface area contributed by atoms with Crippen molar-refractivity contribution in [2.75, 3.05) is 10.7 Å². The van der Waals surface area contributed by atoms with Crippen LogP contribution in [0.3, 0.4) is 0 Å². The lowest BCUT2D eigenvalue weighted by atomic mass is 10.0. The van der Waals surface area contributed by atoms with E-state index in [0.717, 1.165) is 17.5 Å². The van der Waals surface area contributed by atoms with Crippen molar-refractivity contribution in [3.05, 3.63) is 70.8 Å².